The number of nitrogens with zero attached hydrogens (tertiary/aromatic N) is 3. The molecule has 146 valence electrons. The zero-order valence-electron chi connectivity index (χ0n) is 14.6. The number of halogens is 3. The van der Waals surface area contributed by atoms with Crippen molar-refractivity contribution in [3.63, 3.8) is 0 Å². The standard InChI is InChI=1S/C17H19F3N4O2S/c1-12-3-4-14(11-15(12)17(18,19)20)27(25,26)23-13-5-9-24(10-6-13)16-21-7-2-8-22-16/h2-4,7-8,11,13,23H,5-6,9-10H2,1H3. The first kappa shape index (κ1) is 19.6. The van der Waals surface area contributed by atoms with Gasteiger partial charge in [0, 0.05) is 31.5 Å². The Labute approximate surface area is 155 Å². The first-order valence-electron chi connectivity index (χ1n) is 8.39. The van der Waals surface area contributed by atoms with Gasteiger partial charge in [-0.05, 0) is 43.5 Å². The number of aromatic nitrogens is 2. The molecule has 1 aliphatic rings. The molecule has 10 heteroatoms. The predicted octanol–water partition coefficient (Wildman–Crippen LogP) is 2.75. The van der Waals surface area contributed by atoms with E-state index < -0.39 is 21.8 Å². The summed E-state index contributed by atoms with van der Waals surface area (Å²) in [4.78, 5) is 9.88. The second-order valence-corrected chi connectivity index (χ2v) is 8.12. The maximum atomic E-state index is 13.0. The molecule has 1 saturated heterocycles. The normalized spacial score (nSPS) is 16.5. The Balaban J connectivity index is 1.69. The van der Waals surface area contributed by atoms with Crippen LogP contribution in [0.2, 0.25) is 0 Å². The van der Waals surface area contributed by atoms with E-state index in [0.29, 0.717) is 37.9 Å². The van der Waals surface area contributed by atoms with Crippen molar-refractivity contribution in [3.8, 4) is 0 Å². The van der Waals surface area contributed by atoms with Crippen molar-refractivity contribution in [2.45, 2.75) is 36.9 Å². The Hall–Kier alpha value is -2.20. The molecular formula is C17H19F3N4O2S. The minimum Gasteiger partial charge on any atom is -0.341 e. The molecule has 6 nitrogen and oxygen atoms in total. The third-order valence-corrected chi connectivity index (χ3v) is 5.99. The van der Waals surface area contributed by atoms with Crippen LogP contribution in [-0.2, 0) is 16.2 Å². The molecular weight excluding hydrogens is 381 g/mol. The van der Waals surface area contributed by atoms with Crippen molar-refractivity contribution < 1.29 is 21.6 Å². The summed E-state index contributed by atoms with van der Waals surface area (Å²) in [6.07, 6.45) is -0.318. The monoisotopic (exact) mass is 400 g/mol. The largest absolute Gasteiger partial charge is 0.416 e. The fourth-order valence-electron chi connectivity index (χ4n) is 3.01. The van der Waals surface area contributed by atoms with Gasteiger partial charge in [-0.3, -0.25) is 0 Å². The zero-order valence-corrected chi connectivity index (χ0v) is 15.4. The summed E-state index contributed by atoms with van der Waals surface area (Å²) in [5, 5.41) is 0. The van der Waals surface area contributed by atoms with Crippen LogP contribution in [0.5, 0.6) is 0 Å². The van der Waals surface area contributed by atoms with Crippen LogP contribution in [0.25, 0.3) is 0 Å². The average Bonchev–Trinajstić information content (AvgIpc) is 2.62. The van der Waals surface area contributed by atoms with Gasteiger partial charge in [0.25, 0.3) is 0 Å². The molecule has 0 unspecified atom stereocenters. The lowest BCUT2D eigenvalue weighted by Crippen LogP contribution is -2.45. The molecule has 27 heavy (non-hydrogen) atoms. The highest BCUT2D eigenvalue weighted by Crippen LogP contribution is 2.33. The molecule has 1 N–H and O–H groups in total. The molecule has 3 rings (SSSR count). The molecule has 2 aromatic rings. The van der Waals surface area contributed by atoms with Crippen LogP contribution in [0, 0.1) is 6.92 Å². The fraction of sp³-hybridized carbons (Fsp3) is 0.412. The smallest absolute Gasteiger partial charge is 0.341 e. The van der Waals surface area contributed by atoms with Gasteiger partial charge in [-0.15, -0.1) is 0 Å². The summed E-state index contributed by atoms with van der Waals surface area (Å²) in [6.45, 7) is 2.41. The number of hydrogen-bond donors (Lipinski definition) is 1. The van der Waals surface area contributed by atoms with Crippen LogP contribution in [0.15, 0.2) is 41.6 Å². The second-order valence-electron chi connectivity index (χ2n) is 6.41. The topological polar surface area (TPSA) is 75.2 Å². The van der Waals surface area contributed by atoms with Gasteiger partial charge in [-0.2, -0.15) is 13.2 Å². The lowest BCUT2D eigenvalue weighted by molar-refractivity contribution is -0.138. The molecule has 0 bridgehead atoms. The Bertz CT molecular complexity index is 896. The van der Waals surface area contributed by atoms with Crippen LogP contribution >= 0.6 is 0 Å². The number of aryl methyl sites for hydroxylation is 1. The number of alkyl halides is 3. The Morgan fingerprint density at radius 2 is 1.78 bits per heavy atom. The summed E-state index contributed by atoms with van der Waals surface area (Å²) in [5.41, 5.74) is -0.959. The van der Waals surface area contributed by atoms with E-state index in [1.807, 2.05) is 4.90 Å². The van der Waals surface area contributed by atoms with Gasteiger partial charge in [0.1, 0.15) is 0 Å². The number of rotatable bonds is 4. The van der Waals surface area contributed by atoms with Gasteiger partial charge in [-0.25, -0.2) is 23.1 Å². The Kier molecular flexibility index (Phi) is 5.38. The quantitative estimate of drug-likeness (QED) is 0.854. The van der Waals surface area contributed by atoms with Gasteiger partial charge in [0.2, 0.25) is 16.0 Å². The predicted molar refractivity (Wildman–Crippen MR) is 93.8 cm³/mol. The van der Waals surface area contributed by atoms with Crippen molar-refractivity contribution in [1.82, 2.24) is 14.7 Å². The summed E-state index contributed by atoms with van der Waals surface area (Å²) in [6, 6.07) is 4.41. The van der Waals surface area contributed by atoms with Gasteiger partial charge >= 0.3 is 6.18 Å². The number of benzene rings is 1. The zero-order chi connectivity index (χ0) is 19.7. The molecule has 0 saturated carbocycles. The molecule has 0 aliphatic carbocycles. The van der Waals surface area contributed by atoms with Crippen LogP contribution in [0.1, 0.15) is 24.0 Å². The lowest BCUT2D eigenvalue weighted by atomic mass is 10.1. The first-order valence-corrected chi connectivity index (χ1v) is 9.87. The van der Waals surface area contributed by atoms with Gasteiger partial charge in [0.15, 0.2) is 0 Å². The summed E-state index contributed by atoms with van der Waals surface area (Å²) >= 11 is 0. The Morgan fingerprint density at radius 3 is 2.37 bits per heavy atom. The second kappa shape index (κ2) is 7.43. The minimum atomic E-state index is -4.60. The summed E-state index contributed by atoms with van der Waals surface area (Å²) in [5.74, 6) is 0.576. The Morgan fingerprint density at radius 1 is 1.15 bits per heavy atom. The number of hydrogen-bond acceptors (Lipinski definition) is 5. The number of sulfonamides is 1. The number of anilines is 1. The third-order valence-electron chi connectivity index (χ3n) is 4.48. The maximum Gasteiger partial charge on any atom is 0.416 e. The van der Waals surface area contributed by atoms with E-state index >= 15 is 0 Å². The van der Waals surface area contributed by atoms with Gasteiger partial charge in [0.05, 0.1) is 10.5 Å². The van der Waals surface area contributed by atoms with Crippen LogP contribution < -0.4 is 9.62 Å². The van der Waals surface area contributed by atoms with E-state index in [4.69, 9.17) is 0 Å². The summed E-state index contributed by atoms with van der Waals surface area (Å²) < 4.78 is 66.7. The maximum absolute atomic E-state index is 13.0. The van der Waals surface area contributed by atoms with Crippen LogP contribution in [0.4, 0.5) is 19.1 Å². The van der Waals surface area contributed by atoms with Crippen molar-refractivity contribution >= 4 is 16.0 Å². The third kappa shape index (κ3) is 4.56. The number of nitrogens with one attached hydrogen (secondary N) is 1. The number of piperidine rings is 1. The van der Waals surface area contributed by atoms with E-state index in [-0.39, 0.29) is 16.5 Å². The van der Waals surface area contributed by atoms with Crippen molar-refractivity contribution in [1.29, 1.82) is 0 Å². The molecule has 1 aromatic heterocycles. The van der Waals surface area contributed by atoms with Crippen LogP contribution in [0.3, 0.4) is 0 Å². The molecule has 0 amide bonds. The van der Waals surface area contributed by atoms with E-state index in [9.17, 15) is 21.6 Å². The highest BCUT2D eigenvalue weighted by Gasteiger charge is 2.34. The summed E-state index contributed by atoms with van der Waals surface area (Å²) in [7, 11) is -4.04. The SMILES string of the molecule is Cc1ccc(S(=O)(=O)NC2CCN(c3ncccn3)CC2)cc1C(F)(F)F. The van der Waals surface area contributed by atoms with E-state index in [1.165, 1.54) is 19.1 Å². The molecule has 0 atom stereocenters. The van der Waals surface area contributed by atoms with E-state index in [1.54, 1.807) is 18.5 Å². The molecule has 1 fully saturated rings. The fourth-order valence-corrected chi connectivity index (χ4v) is 4.34. The molecule has 2 heterocycles. The molecule has 0 radical (unpaired) electrons. The highest BCUT2D eigenvalue weighted by atomic mass is 32.2. The molecule has 0 spiro atoms. The van der Waals surface area contributed by atoms with Crippen LogP contribution in [-0.4, -0.2) is 37.5 Å². The van der Waals surface area contributed by atoms with Crippen molar-refractivity contribution in [3.05, 3.63) is 47.8 Å². The lowest BCUT2D eigenvalue weighted by Gasteiger charge is -2.32. The van der Waals surface area contributed by atoms with Crippen molar-refractivity contribution in [2.75, 3.05) is 18.0 Å². The first-order chi connectivity index (χ1) is 12.7. The van der Waals surface area contributed by atoms with E-state index in [2.05, 4.69) is 14.7 Å². The average molecular weight is 400 g/mol. The highest BCUT2D eigenvalue weighted by molar-refractivity contribution is 7.89. The molecule has 1 aromatic carbocycles. The van der Waals surface area contributed by atoms with Gasteiger partial charge < -0.3 is 4.90 Å². The van der Waals surface area contributed by atoms with E-state index in [0.717, 1.165) is 0 Å². The van der Waals surface area contributed by atoms with Gasteiger partial charge in [-0.1, -0.05) is 6.07 Å². The molecule has 1 aliphatic heterocycles. The minimum absolute atomic E-state index is 0.0161. The van der Waals surface area contributed by atoms with Crippen molar-refractivity contribution in [2.24, 2.45) is 0 Å².